The normalized spacial score (nSPS) is 12.7. The predicted octanol–water partition coefficient (Wildman–Crippen LogP) is 4.27. The molecule has 0 atom stereocenters. The molecule has 0 saturated heterocycles. The minimum atomic E-state index is 0.112. The molecule has 1 rings (SSSR count). The van der Waals surface area contributed by atoms with Gasteiger partial charge in [-0.15, -0.1) is 0 Å². The number of benzene rings is 1. The van der Waals surface area contributed by atoms with Crippen molar-refractivity contribution in [3.8, 4) is 11.5 Å². The number of hydrogen-bond acceptors (Lipinski definition) is 3. The van der Waals surface area contributed by atoms with Gasteiger partial charge in [-0.3, -0.25) is 0 Å². The fourth-order valence-electron chi connectivity index (χ4n) is 1.89. The van der Waals surface area contributed by atoms with Gasteiger partial charge in [-0.2, -0.15) is 0 Å². The van der Waals surface area contributed by atoms with Gasteiger partial charge in [0.05, 0.1) is 13.2 Å². The maximum Gasteiger partial charge on any atom is 0.168 e. The number of ether oxygens (including phenoxy) is 2. The Morgan fingerprint density at radius 2 is 1.95 bits per heavy atom. The molecule has 0 aromatic heterocycles. The first-order valence-corrected chi connectivity index (χ1v) is 7.49. The number of methoxy groups -OCH3 is 1. The quantitative estimate of drug-likeness (QED) is 0.849. The Hall–Kier alpha value is -1.48. The van der Waals surface area contributed by atoms with Crippen molar-refractivity contribution in [3.05, 3.63) is 29.3 Å². The van der Waals surface area contributed by atoms with Crippen LogP contribution in [0, 0.1) is 0 Å². The maximum atomic E-state index is 5.92. The van der Waals surface area contributed by atoms with Crippen LogP contribution in [-0.2, 0) is 0 Å². The second-order valence-electron chi connectivity index (χ2n) is 6.64. The van der Waals surface area contributed by atoms with Gasteiger partial charge in [-0.1, -0.05) is 23.8 Å². The molecule has 0 radical (unpaired) electrons. The highest BCUT2D eigenvalue weighted by Gasteiger charge is 2.12. The number of rotatable bonds is 6. The molecule has 0 bridgehead atoms. The molecule has 0 amide bonds. The van der Waals surface area contributed by atoms with Crippen LogP contribution in [0.2, 0.25) is 0 Å². The van der Waals surface area contributed by atoms with Crippen LogP contribution in [0.15, 0.2) is 23.8 Å². The molecule has 3 heteroatoms. The van der Waals surface area contributed by atoms with E-state index in [4.69, 9.17) is 9.47 Å². The third kappa shape index (κ3) is 6.21. The zero-order valence-corrected chi connectivity index (χ0v) is 14.4. The molecule has 0 unspecified atom stereocenters. The van der Waals surface area contributed by atoms with Crippen LogP contribution in [0.1, 0.15) is 47.1 Å². The summed E-state index contributed by atoms with van der Waals surface area (Å²) in [7, 11) is 1.67. The Morgan fingerprint density at radius 1 is 1.29 bits per heavy atom. The van der Waals surface area contributed by atoms with Crippen molar-refractivity contribution in [2.24, 2.45) is 0 Å². The van der Waals surface area contributed by atoms with Gasteiger partial charge in [-0.25, -0.2) is 0 Å². The molecule has 0 heterocycles. The summed E-state index contributed by atoms with van der Waals surface area (Å²) >= 11 is 0. The summed E-state index contributed by atoms with van der Waals surface area (Å²) in [5, 5.41) is 3.49. The Labute approximate surface area is 129 Å². The lowest BCUT2D eigenvalue weighted by atomic mass is 10.1. The van der Waals surface area contributed by atoms with Crippen molar-refractivity contribution in [1.82, 2.24) is 5.32 Å². The first-order valence-electron chi connectivity index (χ1n) is 7.49. The fourth-order valence-corrected chi connectivity index (χ4v) is 1.89. The van der Waals surface area contributed by atoms with Gasteiger partial charge in [0.2, 0.25) is 0 Å². The molecule has 1 N–H and O–H groups in total. The monoisotopic (exact) mass is 291 g/mol. The van der Waals surface area contributed by atoms with Crippen LogP contribution in [-0.4, -0.2) is 25.3 Å². The van der Waals surface area contributed by atoms with Crippen molar-refractivity contribution >= 4 is 6.08 Å². The molecule has 0 fully saturated rings. The fraction of sp³-hybridized carbons (Fsp3) is 0.556. The van der Waals surface area contributed by atoms with E-state index in [-0.39, 0.29) is 11.6 Å². The lowest BCUT2D eigenvalue weighted by Gasteiger charge is -2.21. The van der Waals surface area contributed by atoms with Crippen molar-refractivity contribution in [2.45, 2.75) is 53.2 Å². The molecule has 0 saturated carbocycles. The van der Waals surface area contributed by atoms with E-state index in [0.29, 0.717) is 0 Å². The smallest absolute Gasteiger partial charge is 0.168 e. The summed E-state index contributed by atoms with van der Waals surface area (Å²) in [6.45, 7) is 13.5. The highest BCUT2D eigenvalue weighted by Crippen LogP contribution is 2.33. The summed E-state index contributed by atoms with van der Waals surface area (Å²) < 4.78 is 11.3. The summed E-state index contributed by atoms with van der Waals surface area (Å²) in [4.78, 5) is 0. The first-order chi connectivity index (χ1) is 9.73. The summed E-state index contributed by atoms with van der Waals surface area (Å²) in [5.41, 5.74) is 2.42. The lowest BCUT2D eigenvalue weighted by Crippen LogP contribution is -2.36. The number of hydrogen-bond donors (Lipinski definition) is 1. The zero-order valence-electron chi connectivity index (χ0n) is 14.4. The molecular formula is C18H29NO2. The topological polar surface area (TPSA) is 30.5 Å². The second kappa shape index (κ2) is 7.51. The minimum Gasteiger partial charge on any atom is -0.493 e. The van der Waals surface area contributed by atoms with E-state index in [1.165, 1.54) is 5.57 Å². The van der Waals surface area contributed by atoms with Crippen LogP contribution in [0.4, 0.5) is 0 Å². The average molecular weight is 291 g/mol. The second-order valence-corrected chi connectivity index (χ2v) is 6.64. The lowest BCUT2D eigenvalue weighted by molar-refractivity contribution is 0.229. The first kappa shape index (κ1) is 17.6. The van der Waals surface area contributed by atoms with Crippen LogP contribution in [0.3, 0.4) is 0 Å². The standard InChI is InChI=1S/C18H29NO2/c1-13(2)21-17-15(9-8-10-16(17)20-7)11-14(3)12-19-18(4,5)6/h8-11,13,19H,12H2,1-7H3. The minimum absolute atomic E-state index is 0.112. The third-order valence-corrected chi connectivity index (χ3v) is 2.88. The molecular weight excluding hydrogens is 262 g/mol. The molecule has 21 heavy (non-hydrogen) atoms. The average Bonchev–Trinajstić information content (AvgIpc) is 2.37. The van der Waals surface area contributed by atoms with Gasteiger partial charge in [0.25, 0.3) is 0 Å². The van der Waals surface area contributed by atoms with Crippen LogP contribution >= 0.6 is 0 Å². The van der Waals surface area contributed by atoms with Gasteiger partial charge in [0.15, 0.2) is 11.5 Å². The Bertz CT molecular complexity index is 484. The molecule has 0 aliphatic carbocycles. The van der Waals surface area contributed by atoms with E-state index < -0.39 is 0 Å². The Balaban J connectivity index is 3.00. The highest BCUT2D eigenvalue weighted by molar-refractivity contribution is 5.64. The van der Waals surface area contributed by atoms with Gasteiger partial charge < -0.3 is 14.8 Å². The SMILES string of the molecule is COc1cccc(C=C(C)CNC(C)(C)C)c1OC(C)C. The molecule has 1 aromatic rings. The van der Waals surface area contributed by atoms with Crippen LogP contribution < -0.4 is 14.8 Å². The van der Waals surface area contributed by atoms with Crippen molar-refractivity contribution < 1.29 is 9.47 Å². The van der Waals surface area contributed by atoms with Crippen LogP contribution in [0.25, 0.3) is 6.08 Å². The van der Waals surface area contributed by atoms with E-state index in [0.717, 1.165) is 23.6 Å². The van der Waals surface area contributed by atoms with Crippen molar-refractivity contribution in [3.63, 3.8) is 0 Å². The molecule has 118 valence electrons. The van der Waals surface area contributed by atoms with E-state index >= 15 is 0 Å². The van der Waals surface area contributed by atoms with E-state index in [1.54, 1.807) is 7.11 Å². The highest BCUT2D eigenvalue weighted by atomic mass is 16.5. The zero-order chi connectivity index (χ0) is 16.0. The Morgan fingerprint density at radius 3 is 2.48 bits per heavy atom. The molecule has 1 aromatic carbocycles. The van der Waals surface area contributed by atoms with Gasteiger partial charge in [0.1, 0.15) is 0 Å². The molecule has 0 aliphatic rings. The van der Waals surface area contributed by atoms with Gasteiger partial charge in [-0.05, 0) is 47.6 Å². The van der Waals surface area contributed by atoms with Gasteiger partial charge >= 0.3 is 0 Å². The van der Waals surface area contributed by atoms with Crippen molar-refractivity contribution in [1.29, 1.82) is 0 Å². The van der Waals surface area contributed by atoms with E-state index in [1.807, 2.05) is 26.0 Å². The predicted molar refractivity (Wildman–Crippen MR) is 90.2 cm³/mol. The largest absolute Gasteiger partial charge is 0.493 e. The summed E-state index contributed by atoms with van der Waals surface area (Å²) in [5.74, 6) is 1.58. The molecule has 3 nitrogen and oxygen atoms in total. The van der Waals surface area contributed by atoms with Gasteiger partial charge in [0, 0.05) is 17.6 Å². The molecule has 0 aliphatic heterocycles. The van der Waals surface area contributed by atoms with E-state index in [9.17, 15) is 0 Å². The molecule has 0 spiro atoms. The van der Waals surface area contributed by atoms with Crippen LogP contribution in [0.5, 0.6) is 11.5 Å². The number of para-hydroxylation sites is 1. The number of nitrogens with one attached hydrogen (secondary N) is 1. The summed E-state index contributed by atoms with van der Waals surface area (Å²) in [6, 6.07) is 5.97. The maximum absolute atomic E-state index is 5.92. The van der Waals surface area contributed by atoms with Crippen molar-refractivity contribution in [2.75, 3.05) is 13.7 Å². The summed E-state index contributed by atoms with van der Waals surface area (Å²) in [6.07, 6.45) is 2.26. The third-order valence-electron chi connectivity index (χ3n) is 2.88. The Kier molecular flexibility index (Phi) is 6.28. The van der Waals surface area contributed by atoms with E-state index in [2.05, 4.69) is 45.2 Å².